The number of carbonyl (C=O) groups is 1. The lowest BCUT2D eigenvalue weighted by Gasteiger charge is -2.36. The molecule has 1 fully saturated rings. The number of hydrogen-bond donors (Lipinski definition) is 2. The lowest BCUT2D eigenvalue weighted by Crippen LogP contribution is -2.45. The first kappa shape index (κ1) is 15.9. The van der Waals surface area contributed by atoms with Crippen LogP contribution in [0, 0.1) is 0 Å². The number of nitrogens with two attached hydrogens (primary N) is 2. The van der Waals surface area contributed by atoms with Gasteiger partial charge in [0.1, 0.15) is 15.6 Å². The van der Waals surface area contributed by atoms with Gasteiger partial charge >= 0.3 is 0 Å². The summed E-state index contributed by atoms with van der Waals surface area (Å²) in [5, 5.41) is 0.858. The second kappa shape index (κ2) is 6.11. The minimum atomic E-state index is -0.522. The summed E-state index contributed by atoms with van der Waals surface area (Å²) in [7, 11) is 0. The van der Waals surface area contributed by atoms with Crippen LogP contribution >= 0.6 is 11.3 Å². The monoisotopic (exact) mass is 313 g/mol. The lowest BCUT2D eigenvalue weighted by atomic mass is 10.2. The van der Waals surface area contributed by atoms with Crippen LogP contribution in [0.15, 0.2) is 0 Å². The number of nitrogens with zero attached hydrogens (tertiary/aromatic N) is 1. The third-order valence-electron chi connectivity index (χ3n) is 3.17. The van der Waals surface area contributed by atoms with E-state index < -0.39 is 5.91 Å². The minimum Gasteiger partial charge on any atom is -0.486 e. The van der Waals surface area contributed by atoms with Gasteiger partial charge in [0.2, 0.25) is 0 Å². The Labute approximate surface area is 129 Å². The van der Waals surface area contributed by atoms with Crippen molar-refractivity contribution in [3.8, 4) is 5.75 Å². The molecular formula is C14H23N3O3S. The van der Waals surface area contributed by atoms with E-state index in [1.54, 1.807) is 0 Å². The van der Waals surface area contributed by atoms with E-state index in [2.05, 4.69) is 4.90 Å². The fraction of sp³-hybridized carbons (Fsp3) is 0.643. The molecule has 1 aliphatic heterocycles. The number of amides is 1. The number of ether oxygens (including phenoxy) is 2. The van der Waals surface area contributed by atoms with Crippen LogP contribution in [0.5, 0.6) is 5.75 Å². The first-order valence-corrected chi connectivity index (χ1v) is 7.90. The Bertz CT molecular complexity index is 520. The molecule has 1 amide bonds. The molecule has 2 rings (SSSR count). The van der Waals surface area contributed by atoms with Gasteiger partial charge in [-0.1, -0.05) is 0 Å². The van der Waals surface area contributed by atoms with Gasteiger partial charge < -0.3 is 25.8 Å². The molecule has 118 valence electrons. The molecule has 1 aliphatic rings. The molecule has 0 bridgehead atoms. The highest BCUT2D eigenvalue weighted by atomic mass is 32.1. The summed E-state index contributed by atoms with van der Waals surface area (Å²) in [5.74, 6) is 0.0387. The van der Waals surface area contributed by atoms with Gasteiger partial charge in [-0.25, -0.2) is 0 Å². The van der Waals surface area contributed by atoms with E-state index in [0.29, 0.717) is 16.3 Å². The largest absolute Gasteiger partial charge is 0.486 e. The molecular weight excluding hydrogens is 290 g/mol. The van der Waals surface area contributed by atoms with Crippen molar-refractivity contribution in [1.29, 1.82) is 0 Å². The van der Waals surface area contributed by atoms with E-state index in [9.17, 15) is 4.79 Å². The number of hydrogen-bond acceptors (Lipinski definition) is 6. The van der Waals surface area contributed by atoms with Crippen molar-refractivity contribution in [2.24, 2.45) is 5.73 Å². The minimum absolute atomic E-state index is 0.0303. The lowest BCUT2D eigenvalue weighted by molar-refractivity contribution is -0.00515. The fourth-order valence-electron chi connectivity index (χ4n) is 2.50. The molecule has 0 aromatic carbocycles. The van der Waals surface area contributed by atoms with Crippen molar-refractivity contribution in [3.63, 3.8) is 0 Å². The Morgan fingerprint density at radius 3 is 2.43 bits per heavy atom. The third-order valence-corrected chi connectivity index (χ3v) is 4.43. The summed E-state index contributed by atoms with van der Waals surface area (Å²) >= 11 is 1.29. The highest BCUT2D eigenvalue weighted by molar-refractivity contribution is 7.19. The van der Waals surface area contributed by atoms with Crippen LogP contribution in [-0.2, 0) is 4.74 Å². The Kier molecular flexibility index (Phi) is 4.63. The Morgan fingerprint density at radius 2 is 1.95 bits per heavy atom. The van der Waals surface area contributed by atoms with Gasteiger partial charge in [0.15, 0.2) is 5.75 Å². The second-order valence-corrected chi connectivity index (χ2v) is 6.67. The maximum Gasteiger partial charge on any atom is 0.261 e. The number of nitrogen functional groups attached to an aromatic ring is 1. The predicted molar refractivity (Wildman–Crippen MR) is 85.2 cm³/mol. The molecule has 0 aliphatic carbocycles. The van der Waals surface area contributed by atoms with Gasteiger partial charge in [-0.2, -0.15) is 0 Å². The maximum atomic E-state index is 11.5. The second-order valence-electron chi connectivity index (χ2n) is 5.67. The quantitative estimate of drug-likeness (QED) is 0.885. The molecule has 6 nitrogen and oxygen atoms in total. The zero-order chi connectivity index (χ0) is 15.7. The Hall–Kier alpha value is -1.47. The van der Waals surface area contributed by atoms with Crippen molar-refractivity contribution < 1.29 is 14.3 Å². The number of primary amides is 1. The topological polar surface area (TPSA) is 90.8 Å². The van der Waals surface area contributed by atoms with Gasteiger partial charge in [0.05, 0.1) is 18.3 Å². The van der Waals surface area contributed by atoms with Crippen LogP contribution < -0.4 is 21.1 Å². The van der Waals surface area contributed by atoms with E-state index in [4.69, 9.17) is 20.9 Å². The molecule has 1 aromatic heterocycles. The van der Waals surface area contributed by atoms with Crippen molar-refractivity contribution in [3.05, 3.63) is 4.88 Å². The first-order chi connectivity index (χ1) is 9.79. The van der Waals surface area contributed by atoms with E-state index in [-0.39, 0.29) is 18.3 Å². The van der Waals surface area contributed by atoms with Crippen molar-refractivity contribution in [2.45, 2.75) is 46.0 Å². The molecule has 2 unspecified atom stereocenters. The van der Waals surface area contributed by atoms with Gasteiger partial charge in [0.25, 0.3) is 5.91 Å². The van der Waals surface area contributed by atoms with Crippen LogP contribution in [0.4, 0.5) is 10.7 Å². The predicted octanol–water partition coefficient (Wildman–Crippen LogP) is 1.83. The maximum absolute atomic E-state index is 11.5. The van der Waals surface area contributed by atoms with Gasteiger partial charge in [-0.05, 0) is 27.7 Å². The molecule has 4 N–H and O–H groups in total. The van der Waals surface area contributed by atoms with Crippen LogP contribution in [0.2, 0.25) is 0 Å². The standard InChI is InChI=1S/C14H23N3O3S/c1-7(2)19-11-10(15)12(13(16)18)21-14(11)17-5-8(3)20-9(4)6-17/h7-9H,5-6,15H2,1-4H3,(H2,16,18). The van der Waals surface area contributed by atoms with Crippen LogP contribution in [0.3, 0.4) is 0 Å². The molecule has 0 radical (unpaired) electrons. The summed E-state index contributed by atoms with van der Waals surface area (Å²) in [5.41, 5.74) is 11.8. The number of carbonyl (C=O) groups excluding carboxylic acids is 1. The average Bonchev–Trinajstić information content (AvgIpc) is 2.65. The first-order valence-electron chi connectivity index (χ1n) is 7.08. The molecule has 21 heavy (non-hydrogen) atoms. The van der Waals surface area contributed by atoms with Gasteiger partial charge in [0, 0.05) is 13.1 Å². The molecule has 0 spiro atoms. The van der Waals surface area contributed by atoms with E-state index in [1.165, 1.54) is 11.3 Å². The highest BCUT2D eigenvalue weighted by Crippen LogP contribution is 2.46. The molecule has 2 atom stereocenters. The summed E-state index contributed by atoms with van der Waals surface area (Å²) in [4.78, 5) is 14.0. The molecule has 7 heteroatoms. The van der Waals surface area contributed by atoms with E-state index >= 15 is 0 Å². The third kappa shape index (κ3) is 3.41. The molecule has 1 saturated heterocycles. The van der Waals surface area contributed by atoms with Gasteiger partial charge in [-0.15, -0.1) is 11.3 Å². The zero-order valence-electron chi connectivity index (χ0n) is 12.9. The molecule has 0 saturated carbocycles. The van der Waals surface area contributed by atoms with Crippen LogP contribution in [0.1, 0.15) is 37.4 Å². The van der Waals surface area contributed by atoms with Crippen molar-refractivity contribution in [2.75, 3.05) is 23.7 Å². The molecule has 1 aromatic rings. The SMILES string of the molecule is CC(C)Oc1c(N2CC(C)OC(C)C2)sc(C(N)=O)c1N. The van der Waals surface area contributed by atoms with Crippen LogP contribution in [0.25, 0.3) is 0 Å². The smallest absolute Gasteiger partial charge is 0.261 e. The van der Waals surface area contributed by atoms with E-state index in [0.717, 1.165) is 18.1 Å². The van der Waals surface area contributed by atoms with Crippen molar-refractivity contribution >= 4 is 27.9 Å². The summed E-state index contributed by atoms with van der Waals surface area (Å²) in [6, 6.07) is 0. The number of morpholine rings is 1. The Morgan fingerprint density at radius 1 is 1.38 bits per heavy atom. The number of rotatable bonds is 4. The van der Waals surface area contributed by atoms with Crippen molar-refractivity contribution in [1.82, 2.24) is 0 Å². The molecule has 2 heterocycles. The Balaban J connectivity index is 2.41. The zero-order valence-corrected chi connectivity index (χ0v) is 13.7. The van der Waals surface area contributed by atoms with Gasteiger partial charge in [-0.3, -0.25) is 4.79 Å². The highest BCUT2D eigenvalue weighted by Gasteiger charge is 2.30. The summed E-state index contributed by atoms with van der Waals surface area (Å²) in [6.07, 6.45) is 0.194. The normalized spacial score (nSPS) is 22.6. The van der Waals surface area contributed by atoms with Crippen LogP contribution in [-0.4, -0.2) is 37.3 Å². The average molecular weight is 313 g/mol. The van der Waals surface area contributed by atoms with E-state index in [1.807, 2.05) is 27.7 Å². The number of anilines is 2. The summed E-state index contributed by atoms with van der Waals surface area (Å²) in [6.45, 7) is 9.37. The summed E-state index contributed by atoms with van der Waals surface area (Å²) < 4.78 is 11.6. The fourth-order valence-corrected chi connectivity index (χ4v) is 3.53. The number of thiophene rings is 1.